The molecule has 0 aromatic heterocycles. The Kier molecular flexibility index (Phi) is 3.61. The molecule has 3 fully saturated rings. The average Bonchev–Trinajstić information content (AvgIpc) is 3.19. The standard InChI is InChI=1S/C15H24N2O3/c1-16(15(19)20)13-8-11-3-2-4-12(9-13)17(11)14(18)7-10-5-6-10/h10-13H,2-9H2,1H3,(H,19,20)/t11-,12+,13-. The Hall–Kier alpha value is -1.26. The van der Waals surface area contributed by atoms with Crippen LogP contribution in [0.25, 0.3) is 0 Å². The Bertz CT molecular complexity index is 394. The third-order valence-electron chi connectivity index (χ3n) is 5.25. The molecule has 3 atom stereocenters. The van der Waals surface area contributed by atoms with Gasteiger partial charge in [0.25, 0.3) is 0 Å². The Morgan fingerprint density at radius 3 is 2.25 bits per heavy atom. The number of carbonyl (C=O) groups is 2. The third kappa shape index (κ3) is 2.63. The highest BCUT2D eigenvalue weighted by molar-refractivity contribution is 5.78. The summed E-state index contributed by atoms with van der Waals surface area (Å²) in [6.07, 6.45) is 7.15. The topological polar surface area (TPSA) is 60.9 Å². The van der Waals surface area contributed by atoms with Gasteiger partial charge >= 0.3 is 6.09 Å². The van der Waals surface area contributed by atoms with Crippen LogP contribution >= 0.6 is 0 Å². The molecule has 0 unspecified atom stereocenters. The van der Waals surface area contributed by atoms with Gasteiger partial charge in [-0.3, -0.25) is 4.79 Å². The second-order valence-corrected chi connectivity index (χ2v) is 6.71. The van der Waals surface area contributed by atoms with E-state index in [2.05, 4.69) is 4.90 Å². The lowest BCUT2D eigenvalue weighted by atomic mass is 9.81. The molecule has 2 bridgehead atoms. The van der Waals surface area contributed by atoms with Crippen molar-refractivity contribution in [3.8, 4) is 0 Å². The minimum Gasteiger partial charge on any atom is -0.465 e. The van der Waals surface area contributed by atoms with Gasteiger partial charge in [-0.25, -0.2) is 4.79 Å². The smallest absolute Gasteiger partial charge is 0.407 e. The summed E-state index contributed by atoms with van der Waals surface area (Å²) in [5.41, 5.74) is 0. The van der Waals surface area contributed by atoms with Crippen LogP contribution in [0.2, 0.25) is 0 Å². The van der Waals surface area contributed by atoms with E-state index < -0.39 is 6.09 Å². The van der Waals surface area contributed by atoms with Gasteiger partial charge in [0.1, 0.15) is 0 Å². The number of hydrogen-bond donors (Lipinski definition) is 1. The predicted octanol–water partition coefficient (Wildman–Crippen LogP) is 2.31. The van der Waals surface area contributed by atoms with Gasteiger partial charge in [-0.15, -0.1) is 0 Å². The maximum atomic E-state index is 12.5. The largest absolute Gasteiger partial charge is 0.465 e. The number of carbonyl (C=O) groups excluding carboxylic acids is 1. The number of fused-ring (bicyclic) bond motifs is 2. The molecule has 20 heavy (non-hydrogen) atoms. The van der Waals surface area contributed by atoms with Gasteiger partial charge in [-0.1, -0.05) is 0 Å². The minimum atomic E-state index is -0.856. The zero-order chi connectivity index (χ0) is 14.3. The number of hydrogen-bond acceptors (Lipinski definition) is 2. The second kappa shape index (κ2) is 5.26. The normalized spacial score (nSPS) is 32.9. The minimum absolute atomic E-state index is 0.0766. The van der Waals surface area contributed by atoms with E-state index in [0.29, 0.717) is 18.2 Å². The zero-order valence-electron chi connectivity index (χ0n) is 12.1. The van der Waals surface area contributed by atoms with Crippen molar-refractivity contribution < 1.29 is 14.7 Å². The molecule has 2 heterocycles. The lowest BCUT2D eigenvalue weighted by molar-refractivity contribution is -0.142. The molecular weight excluding hydrogens is 256 g/mol. The molecule has 2 saturated heterocycles. The Balaban J connectivity index is 1.68. The average molecular weight is 280 g/mol. The highest BCUT2D eigenvalue weighted by Crippen LogP contribution is 2.39. The molecule has 5 nitrogen and oxygen atoms in total. The Labute approximate surface area is 119 Å². The molecule has 0 aromatic rings. The van der Waals surface area contributed by atoms with Gasteiger partial charge in [-0.2, -0.15) is 0 Å². The van der Waals surface area contributed by atoms with Crippen LogP contribution < -0.4 is 0 Å². The van der Waals surface area contributed by atoms with Crippen LogP contribution in [0.3, 0.4) is 0 Å². The summed E-state index contributed by atoms with van der Waals surface area (Å²) in [4.78, 5) is 27.2. The van der Waals surface area contributed by atoms with Crippen molar-refractivity contribution in [2.75, 3.05) is 7.05 Å². The SMILES string of the molecule is CN(C(=O)O)[C@@H]1C[C@H]2CCC[C@@H](C1)N2C(=O)CC1CC1. The Morgan fingerprint density at radius 1 is 1.15 bits per heavy atom. The molecule has 2 aliphatic heterocycles. The van der Waals surface area contributed by atoms with Gasteiger partial charge < -0.3 is 14.9 Å². The summed E-state index contributed by atoms with van der Waals surface area (Å²) >= 11 is 0. The first-order valence-corrected chi connectivity index (χ1v) is 7.83. The summed E-state index contributed by atoms with van der Waals surface area (Å²) in [6, 6.07) is 0.605. The molecule has 0 spiro atoms. The molecule has 3 rings (SSSR count). The molecule has 1 N–H and O–H groups in total. The van der Waals surface area contributed by atoms with Crippen molar-refractivity contribution >= 4 is 12.0 Å². The van der Waals surface area contributed by atoms with E-state index in [1.165, 1.54) is 24.2 Å². The fourth-order valence-corrected chi connectivity index (χ4v) is 3.91. The number of amides is 2. The van der Waals surface area contributed by atoms with Crippen LogP contribution in [-0.4, -0.2) is 52.1 Å². The van der Waals surface area contributed by atoms with Crippen LogP contribution in [0.5, 0.6) is 0 Å². The van der Waals surface area contributed by atoms with Gasteiger partial charge in [0.2, 0.25) is 5.91 Å². The first-order valence-electron chi connectivity index (χ1n) is 7.83. The van der Waals surface area contributed by atoms with Gasteiger partial charge in [0.15, 0.2) is 0 Å². The van der Waals surface area contributed by atoms with Crippen molar-refractivity contribution in [2.24, 2.45) is 5.92 Å². The third-order valence-corrected chi connectivity index (χ3v) is 5.25. The summed E-state index contributed by atoms with van der Waals surface area (Å²) in [7, 11) is 1.66. The molecule has 1 aliphatic carbocycles. The predicted molar refractivity (Wildman–Crippen MR) is 74.4 cm³/mol. The molecule has 112 valence electrons. The first kappa shape index (κ1) is 13.7. The first-order chi connectivity index (χ1) is 9.56. The van der Waals surface area contributed by atoms with E-state index in [9.17, 15) is 9.59 Å². The monoisotopic (exact) mass is 280 g/mol. The number of rotatable bonds is 3. The number of carboxylic acid groups (broad SMARTS) is 1. The summed E-state index contributed by atoms with van der Waals surface area (Å²) in [6.45, 7) is 0. The van der Waals surface area contributed by atoms with Crippen LogP contribution in [0.4, 0.5) is 4.79 Å². The number of nitrogens with zero attached hydrogens (tertiary/aromatic N) is 2. The van der Waals surface area contributed by atoms with E-state index in [-0.39, 0.29) is 18.1 Å². The summed E-state index contributed by atoms with van der Waals surface area (Å²) in [5, 5.41) is 9.15. The van der Waals surface area contributed by atoms with E-state index in [4.69, 9.17) is 5.11 Å². The molecule has 5 heteroatoms. The van der Waals surface area contributed by atoms with E-state index >= 15 is 0 Å². The fourth-order valence-electron chi connectivity index (χ4n) is 3.91. The molecule has 1 saturated carbocycles. The number of piperidine rings is 2. The summed E-state index contributed by atoms with van der Waals surface area (Å²) < 4.78 is 0. The lowest BCUT2D eigenvalue weighted by Gasteiger charge is -2.50. The lowest BCUT2D eigenvalue weighted by Crippen LogP contribution is -2.58. The quantitative estimate of drug-likeness (QED) is 0.863. The van der Waals surface area contributed by atoms with Crippen molar-refractivity contribution in [1.82, 2.24) is 9.80 Å². The highest BCUT2D eigenvalue weighted by Gasteiger charge is 2.43. The van der Waals surface area contributed by atoms with Gasteiger partial charge in [0, 0.05) is 31.6 Å². The fraction of sp³-hybridized carbons (Fsp3) is 0.867. The maximum absolute atomic E-state index is 12.5. The molecule has 0 aromatic carbocycles. The van der Waals surface area contributed by atoms with E-state index in [0.717, 1.165) is 25.7 Å². The van der Waals surface area contributed by atoms with Crippen LogP contribution in [0.15, 0.2) is 0 Å². The second-order valence-electron chi connectivity index (χ2n) is 6.71. The summed E-state index contributed by atoms with van der Waals surface area (Å²) in [5.74, 6) is 0.946. The molecule has 3 aliphatic rings. The highest BCUT2D eigenvalue weighted by atomic mass is 16.4. The van der Waals surface area contributed by atoms with Crippen molar-refractivity contribution in [3.05, 3.63) is 0 Å². The van der Waals surface area contributed by atoms with Crippen molar-refractivity contribution in [2.45, 2.75) is 69.5 Å². The maximum Gasteiger partial charge on any atom is 0.407 e. The molecule has 2 amide bonds. The van der Waals surface area contributed by atoms with Crippen molar-refractivity contribution in [3.63, 3.8) is 0 Å². The van der Waals surface area contributed by atoms with Crippen LogP contribution in [0.1, 0.15) is 51.4 Å². The Morgan fingerprint density at radius 2 is 1.75 bits per heavy atom. The molecular formula is C15H24N2O3. The van der Waals surface area contributed by atoms with E-state index in [1.807, 2.05) is 0 Å². The molecule has 0 radical (unpaired) electrons. The zero-order valence-corrected chi connectivity index (χ0v) is 12.1. The van der Waals surface area contributed by atoms with Crippen LogP contribution in [-0.2, 0) is 4.79 Å². The van der Waals surface area contributed by atoms with Gasteiger partial charge in [-0.05, 0) is 50.9 Å². The van der Waals surface area contributed by atoms with E-state index in [1.54, 1.807) is 7.05 Å². The van der Waals surface area contributed by atoms with Gasteiger partial charge in [0.05, 0.1) is 0 Å². The van der Waals surface area contributed by atoms with Crippen molar-refractivity contribution in [1.29, 1.82) is 0 Å². The van der Waals surface area contributed by atoms with Crippen LogP contribution in [0, 0.1) is 5.92 Å².